The number of nitrogens with one attached hydrogen (secondary N) is 2. The first-order valence-electron chi connectivity index (χ1n) is 13.0. The topological polar surface area (TPSA) is 360 Å². The van der Waals surface area contributed by atoms with E-state index in [2.05, 4.69) is 10.6 Å². The Morgan fingerprint density at radius 1 is 0.600 bits per heavy atom. The van der Waals surface area contributed by atoms with Gasteiger partial charge in [0.15, 0.2) is 23.0 Å². The van der Waals surface area contributed by atoms with Crippen LogP contribution in [0.4, 0.5) is 0 Å². The number of amides is 2. The van der Waals surface area contributed by atoms with Crippen LogP contribution in [0.25, 0.3) is 0 Å². The first-order valence-corrected chi connectivity index (χ1v) is 13.0. The van der Waals surface area contributed by atoms with Crippen molar-refractivity contribution in [3.05, 3.63) is 47.5 Å². The van der Waals surface area contributed by atoms with Crippen LogP contribution in [-0.2, 0) is 32.0 Å². The number of carbonyl (C=O) groups excluding carboxylic acids is 2. The van der Waals surface area contributed by atoms with E-state index in [1.54, 1.807) is 27.7 Å². The second kappa shape index (κ2) is 20.3. The Hall–Kier alpha value is -4.68. The van der Waals surface area contributed by atoms with Gasteiger partial charge in [-0.2, -0.15) is 0 Å². The summed E-state index contributed by atoms with van der Waals surface area (Å²) >= 11 is 0. The van der Waals surface area contributed by atoms with Crippen LogP contribution in [-0.4, -0.2) is 95.0 Å². The second-order valence-corrected chi connectivity index (χ2v) is 10.4. The molecule has 17 heteroatoms. The van der Waals surface area contributed by atoms with Gasteiger partial charge in [0, 0.05) is 12.8 Å². The molecule has 0 aromatic heterocycles. The number of hydrogen-bond acceptors (Lipinski definition) is 10. The first-order chi connectivity index (χ1) is 19.4. The van der Waals surface area contributed by atoms with E-state index in [4.69, 9.17) is 21.7 Å². The van der Waals surface area contributed by atoms with Crippen molar-refractivity contribution < 1.29 is 66.2 Å². The maximum atomic E-state index is 11.8. The van der Waals surface area contributed by atoms with Gasteiger partial charge in [-0.1, -0.05) is 39.8 Å². The van der Waals surface area contributed by atoms with Gasteiger partial charge in [0.2, 0.25) is 11.8 Å². The Kier molecular flexibility index (Phi) is 20.2. The van der Waals surface area contributed by atoms with Crippen LogP contribution in [0.5, 0.6) is 23.0 Å². The van der Waals surface area contributed by atoms with Gasteiger partial charge in [0.1, 0.15) is 12.1 Å². The number of aromatic hydroxyl groups is 4. The number of phenolic OH excluding ortho intramolecular Hbond substituents is 4. The predicted octanol–water partition coefficient (Wildman–Crippen LogP) is -2.09. The molecular weight excluding hydrogens is 600 g/mol. The number of nitrogens with two attached hydrogens (primary N) is 2. The fourth-order valence-corrected chi connectivity index (χ4v) is 3.40. The number of hydrogen-bond donors (Lipinski definition) is 10. The summed E-state index contributed by atoms with van der Waals surface area (Å²) in [6.07, 6.45) is -0.0561. The minimum atomic E-state index is -1.20. The molecule has 17 nitrogen and oxygen atoms in total. The minimum absolute atomic E-state index is 0. The molecule has 2 aromatic rings. The molecule has 0 heterocycles. The van der Waals surface area contributed by atoms with Crippen molar-refractivity contribution in [3.63, 3.8) is 0 Å². The zero-order valence-electron chi connectivity index (χ0n) is 25.3. The molecule has 2 amide bonds. The van der Waals surface area contributed by atoms with E-state index in [9.17, 15) is 39.6 Å². The average Bonchev–Trinajstić information content (AvgIpc) is 2.90. The molecule has 0 unspecified atom stereocenters. The lowest BCUT2D eigenvalue weighted by Crippen LogP contribution is -2.51. The van der Waals surface area contributed by atoms with E-state index < -0.39 is 47.9 Å². The van der Waals surface area contributed by atoms with Gasteiger partial charge in [-0.15, -0.1) is 0 Å². The molecule has 18 N–H and O–H groups in total. The fraction of sp³-hybridized carbons (Fsp3) is 0.429. The molecule has 256 valence electrons. The molecule has 0 radical (unpaired) electrons. The number of benzene rings is 2. The highest BCUT2D eigenvalue weighted by molar-refractivity contribution is 5.87. The zero-order valence-corrected chi connectivity index (χ0v) is 25.3. The number of carboxylic acids is 2. The van der Waals surface area contributed by atoms with Gasteiger partial charge in [0.05, 0.1) is 12.1 Å². The number of aliphatic carboxylic acids is 2. The molecular formula is C28H46N4O13. The minimum Gasteiger partial charge on any atom is -0.504 e. The summed E-state index contributed by atoms with van der Waals surface area (Å²) in [7, 11) is 0. The molecule has 4 atom stereocenters. The predicted molar refractivity (Wildman–Crippen MR) is 163 cm³/mol. The number of carboxylic acid groups (broad SMARTS) is 2. The van der Waals surface area contributed by atoms with Crippen molar-refractivity contribution >= 4 is 23.8 Å². The molecule has 45 heavy (non-hydrogen) atoms. The lowest BCUT2D eigenvalue weighted by atomic mass is 10.0. The smallest absolute Gasteiger partial charge is 0.326 e. The monoisotopic (exact) mass is 646 g/mol. The third kappa shape index (κ3) is 14.6. The number of carbonyl (C=O) groups is 4. The number of rotatable bonds is 12. The fourth-order valence-electron chi connectivity index (χ4n) is 3.40. The Morgan fingerprint density at radius 2 is 0.889 bits per heavy atom. The Labute approximate surface area is 259 Å². The van der Waals surface area contributed by atoms with Crippen molar-refractivity contribution in [3.8, 4) is 23.0 Å². The third-order valence-corrected chi connectivity index (χ3v) is 6.23. The maximum absolute atomic E-state index is 11.8. The van der Waals surface area contributed by atoms with Crippen LogP contribution < -0.4 is 22.1 Å². The summed E-state index contributed by atoms with van der Waals surface area (Å²) in [6.45, 7) is 7.05. The summed E-state index contributed by atoms with van der Waals surface area (Å²) in [4.78, 5) is 46.1. The molecule has 0 aliphatic carbocycles. The SMILES string of the molecule is CC(C)[C@H](N)C(=O)N[C@@H](Cc1ccc(O)c(O)c1)C(=O)O.CC(C)[C@H](N)C(=O)N[C@@H](Cc1ccc(O)c(O)c1)C(=O)O.O.O.O. The van der Waals surface area contributed by atoms with E-state index in [-0.39, 0.29) is 64.1 Å². The van der Waals surface area contributed by atoms with E-state index in [1.165, 1.54) is 36.4 Å². The molecule has 0 saturated carbocycles. The Bertz CT molecular complexity index is 1160. The Balaban J connectivity index is -0.000000735. The summed E-state index contributed by atoms with van der Waals surface area (Å²) in [5, 5.41) is 60.3. The largest absolute Gasteiger partial charge is 0.504 e. The standard InChI is InChI=1S/2C14H20N2O5.3H2O/c2*1-7(2)12(15)13(19)16-9(14(20)21)5-8-3-4-10(17)11(18)6-8;;;/h2*3-4,6-7,9,12,17-18H,5,15H2,1-2H3,(H,16,19)(H,20,21);3*1H2/t2*9-,12-;;;/m00.../s1. The first kappa shape index (κ1) is 44.8. The van der Waals surface area contributed by atoms with Gasteiger partial charge in [-0.3, -0.25) is 9.59 Å². The van der Waals surface area contributed by atoms with Crippen LogP contribution in [0.15, 0.2) is 36.4 Å². The van der Waals surface area contributed by atoms with Gasteiger partial charge < -0.3 is 69.2 Å². The lowest BCUT2D eigenvalue weighted by Gasteiger charge is -2.20. The third-order valence-electron chi connectivity index (χ3n) is 6.23. The van der Waals surface area contributed by atoms with Crippen LogP contribution in [0.2, 0.25) is 0 Å². The molecule has 0 saturated heterocycles. The van der Waals surface area contributed by atoms with Gasteiger partial charge in [-0.05, 0) is 47.2 Å². The molecule has 0 spiro atoms. The van der Waals surface area contributed by atoms with E-state index in [0.29, 0.717) is 11.1 Å². The molecule has 0 bridgehead atoms. The number of phenols is 4. The zero-order chi connectivity index (χ0) is 32.3. The van der Waals surface area contributed by atoms with Crippen molar-refractivity contribution in [2.24, 2.45) is 23.3 Å². The summed E-state index contributed by atoms with van der Waals surface area (Å²) < 4.78 is 0. The average molecular weight is 647 g/mol. The van der Waals surface area contributed by atoms with Crippen molar-refractivity contribution in [1.82, 2.24) is 10.6 Å². The highest BCUT2D eigenvalue weighted by Crippen LogP contribution is 2.26. The second-order valence-electron chi connectivity index (χ2n) is 10.4. The van der Waals surface area contributed by atoms with Crippen molar-refractivity contribution in [2.45, 2.75) is 64.7 Å². The van der Waals surface area contributed by atoms with Crippen LogP contribution in [0, 0.1) is 11.8 Å². The van der Waals surface area contributed by atoms with Gasteiger partial charge in [-0.25, -0.2) is 9.59 Å². The van der Waals surface area contributed by atoms with Crippen molar-refractivity contribution in [2.75, 3.05) is 0 Å². The molecule has 0 aliphatic heterocycles. The van der Waals surface area contributed by atoms with Crippen molar-refractivity contribution in [1.29, 1.82) is 0 Å². The highest BCUT2D eigenvalue weighted by Gasteiger charge is 2.26. The maximum Gasteiger partial charge on any atom is 0.326 e. The van der Waals surface area contributed by atoms with Crippen LogP contribution in [0.1, 0.15) is 38.8 Å². The van der Waals surface area contributed by atoms with Crippen LogP contribution >= 0.6 is 0 Å². The lowest BCUT2D eigenvalue weighted by molar-refractivity contribution is -0.142. The molecule has 2 aromatic carbocycles. The van der Waals surface area contributed by atoms with E-state index >= 15 is 0 Å². The Morgan fingerprint density at radius 3 is 1.11 bits per heavy atom. The molecule has 2 rings (SSSR count). The normalized spacial score (nSPS) is 12.8. The molecule has 0 aliphatic rings. The quantitative estimate of drug-likeness (QED) is 0.111. The summed E-state index contributed by atoms with van der Waals surface area (Å²) in [5.41, 5.74) is 12.3. The molecule has 0 fully saturated rings. The highest BCUT2D eigenvalue weighted by atomic mass is 16.4. The van der Waals surface area contributed by atoms with E-state index in [1.807, 2.05) is 0 Å². The van der Waals surface area contributed by atoms with Gasteiger partial charge in [0.25, 0.3) is 0 Å². The summed E-state index contributed by atoms with van der Waals surface area (Å²) in [5.74, 6) is -4.99. The van der Waals surface area contributed by atoms with Crippen LogP contribution in [0.3, 0.4) is 0 Å². The van der Waals surface area contributed by atoms with E-state index in [0.717, 1.165) is 0 Å². The summed E-state index contributed by atoms with van der Waals surface area (Å²) in [6, 6.07) is 4.05. The van der Waals surface area contributed by atoms with Gasteiger partial charge >= 0.3 is 11.9 Å².